The van der Waals surface area contributed by atoms with E-state index in [2.05, 4.69) is 51.5 Å². The number of allylic oxidation sites excluding steroid dienone is 5. The molecule has 146 valence electrons. The third-order valence-corrected chi connectivity index (χ3v) is 5.16. The van der Waals surface area contributed by atoms with Crippen LogP contribution in [-0.2, 0) is 4.79 Å². The molecule has 0 aromatic rings. The first kappa shape index (κ1) is 22.4. The molecule has 0 bridgehead atoms. The summed E-state index contributed by atoms with van der Waals surface area (Å²) in [6, 6.07) is 0. The zero-order valence-electron chi connectivity index (χ0n) is 18.2. The smallest absolute Gasteiger partial charge is 0.163 e. The van der Waals surface area contributed by atoms with Gasteiger partial charge in [0.2, 0.25) is 0 Å². The van der Waals surface area contributed by atoms with Crippen LogP contribution >= 0.6 is 0 Å². The molecule has 0 spiro atoms. The van der Waals surface area contributed by atoms with E-state index in [-0.39, 0.29) is 5.41 Å². The van der Waals surface area contributed by atoms with Crippen molar-refractivity contribution in [2.75, 3.05) is 13.6 Å². The van der Waals surface area contributed by atoms with Gasteiger partial charge in [-0.3, -0.25) is 9.79 Å². The van der Waals surface area contributed by atoms with Crippen molar-refractivity contribution in [2.24, 2.45) is 16.3 Å². The summed E-state index contributed by atoms with van der Waals surface area (Å²) < 4.78 is 0. The Hall–Kier alpha value is -1.64. The van der Waals surface area contributed by atoms with Gasteiger partial charge in [-0.05, 0) is 76.4 Å². The normalized spacial score (nSPS) is 20.9. The van der Waals surface area contributed by atoms with E-state index in [1.165, 1.54) is 29.6 Å². The van der Waals surface area contributed by atoms with Crippen molar-refractivity contribution in [1.82, 2.24) is 5.32 Å². The Balaban J connectivity index is 0.000000412. The maximum absolute atomic E-state index is 12.6. The van der Waals surface area contributed by atoms with Crippen molar-refractivity contribution < 1.29 is 4.79 Å². The molecule has 1 saturated carbocycles. The number of carbonyl (C=O) groups is 1. The molecular formula is C23H38N2O. The number of amidine groups is 1. The Morgan fingerprint density at radius 3 is 2.15 bits per heavy atom. The van der Waals surface area contributed by atoms with Gasteiger partial charge in [0.05, 0.1) is 5.84 Å². The summed E-state index contributed by atoms with van der Waals surface area (Å²) in [5.41, 5.74) is 6.09. The number of ketones is 1. The van der Waals surface area contributed by atoms with Gasteiger partial charge in [-0.1, -0.05) is 31.6 Å². The highest BCUT2D eigenvalue weighted by molar-refractivity contribution is 6.02. The average Bonchev–Trinajstić information content (AvgIpc) is 3.34. The monoisotopic (exact) mass is 358 g/mol. The summed E-state index contributed by atoms with van der Waals surface area (Å²) in [4.78, 5) is 16.5. The molecule has 1 fully saturated rings. The molecule has 0 atom stereocenters. The fourth-order valence-corrected chi connectivity index (χ4v) is 3.64. The molecule has 0 saturated heterocycles. The summed E-state index contributed by atoms with van der Waals surface area (Å²) in [5.74, 6) is 1.95. The summed E-state index contributed by atoms with van der Waals surface area (Å²) in [7, 11) is 1.78. The molecule has 0 aromatic carbocycles. The van der Waals surface area contributed by atoms with Crippen LogP contribution in [0.15, 0.2) is 39.4 Å². The lowest BCUT2D eigenvalue weighted by molar-refractivity contribution is -0.117. The topological polar surface area (TPSA) is 41.5 Å². The number of hydrogen-bond donors (Lipinski definition) is 1. The molecule has 0 heterocycles. The van der Waals surface area contributed by atoms with Crippen molar-refractivity contribution in [3.8, 4) is 0 Å². The minimum absolute atomic E-state index is 0.121. The Labute approximate surface area is 160 Å². The highest BCUT2D eigenvalue weighted by Gasteiger charge is 2.38. The van der Waals surface area contributed by atoms with E-state index in [1.807, 2.05) is 13.8 Å². The molecule has 0 radical (unpaired) electrons. The molecule has 0 aliphatic heterocycles. The maximum atomic E-state index is 12.6. The maximum Gasteiger partial charge on any atom is 0.163 e. The van der Waals surface area contributed by atoms with Gasteiger partial charge < -0.3 is 5.32 Å². The molecule has 2 rings (SSSR count). The number of hydrogen-bond acceptors (Lipinski definition) is 2. The van der Waals surface area contributed by atoms with E-state index >= 15 is 0 Å². The molecule has 3 nitrogen and oxygen atoms in total. The molecule has 0 aromatic heterocycles. The quantitative estimate of drug-likeness (QED) is 0.401. The first-order chi connectivity index (χ1) is 12.0. The largest absolute Gasteiger partial charge is 0.374 e. The van der Waals surface area contributed by atoms with Crippen LogP contribution in [0.2, 0.25) is 0 Å². The minimum atomic E-state index is 0.121. The van der Waals surface area contributed by atoms with Crippen molar-refractivity contribution in [1.29, 1.82) is 0 Å². The predicted molar refractivity (Wildman–Crippen MR) is 114 cm³/mol. The highest BCUT2D eigenvalue weighted by Crippen LogP contribution is 2.47. The van der Waals surface area contributed by atoms with Crippen LogP contribution in [0.1, 0.15) is 74.1 Å². The number of Topliss-reactive ketones (excluding diaryl/α,β-unsaturated/α-hetero) is 1. The van der Waals surface area contributed by atoms with Crippen LogP contribution in [0.25, 0.3) is 0 Å². The van der Waals surface area contributed by atoms with Gasteiger partial charge in [-0.2, -0.15) is 0 Å². The fraction of sp³-hybridized carbons (Fsp3) is 0.652. The van der Waals surface area contributed by atoms with Gasteiger partial charge >= 0.3 is 0 Å². The lowest BCUT2D eigenvalue weighted by Gasteiger charge is -2.32. The second-order valence-corrected chi connectivity index (χ2v) is 8.53. The van der Waals surface area contributed by atoms with E-state index in [0.717, 1.165) is 29.9 Å². The number of nitrogens with one attached hydrogen (secondary N) is 1. The Kier molecular flexibility index (Phi) is 8.05. The second kappa shape index (κ2) is 9.34. The van der Waals surface area contributed by atoms with Crippen LogP contribution in [0.3, 0.4) is 0 Å². The first-order valence-electron chi connectivity index (χ1n) is 9.81. The zero-order chi connectivity index (χ0) is 20.1. The van der Waals surface area contributed by atoms with Gasteiger partial charge in [-0.25, -0.2) is 0 Å². The van der Waals surface area contributed by atoms with Gasteiger partial charge in [0.15, 0.2) is 5.78 Å². The van der Waals surface area contributed by atoms with Gasteiger partial charge in [0.1, 0.15) is 0 Å². The van der Waals surface area contributed by atoms with E-state index < -0.39 is 0 Å². The van der Waals surface area contributed by atoms with E-state index in [1.54, 1.807) is 7.05 Å². The lowest BCUT2D eigenvalue weighted by atomic mass is 9.71. The molecule has 3 heteroatoms. The molecule has 26 heavy (non-hydrogen) atoms. The van der Waals surface area contributed by atoms with Gasteiger partial charge in [0, 0.05) is 25.6 Å². The van der Waals surface area contributed by atoms with E-state index in [0.29, 0.717) is 18.1 Å². The predicted octanol–water partition coefficient (Wildman–Crippen LogP) is 5.64. The molecule has 2 aliphatic rings. The number of aliphatic imine (C=N–C) groups is 1. The second-order valence-electron chi connectivity index (χ2n) is 8.53. The van der Waals surface area contributed by atoms with Crippen molar-refractivity contribution in [3.05, 3.63) is 34.4 Å². The molecule has 0 amide bonds. The van der Waals surface area contributed by atoms with Crippen LogP contribution in [-0.4, -0.2) is 25.2 Å². The Morgan fingerprint density at radius 2 is 1.81 bits per heavy atom. The summed E-state index contributed by atoms with van der Waals surface area (Å²) in [6.07, 6.45) is 4.17. The van der Waals surface area contributed by atoms with Crippen molar-refractivity contribution in [2.45, 2.75) is 74.1 Å². The van der Waals surface area contributed by atoms with E-state index in [4.69, 9.17) is 0 Å². The SMILES string of the molecule is C=C(C)/C(C)=C(\C1=C(C)CC(C)(C)CC1=O)C1CC1.CCNC(C)=NC. The van der Waals surface area contributed by atoms with E-state index in [9.17, 15) is 4.79 Å². The summed E-state index contributed by atoms with van der Waals surface area (Å²) in [6.45, 7) is 19.7. The van der Waals surface area contributed by atoms with Crippen LogP contribution in [0.5, 0.6) is 0 Å². The molecule has 2 aliphatic carbocycles. The summed E-state index contributed by atoms with van der Waals surface area (Å²) in [5, 5.41) is 3.05. The Morgan fingerprint density at radius 1 is 1.23 bits per heavy atom. The zero-order valence-corrected chi connectivity index (χ0v) is 18.2. The summed E-state index contributed by atoms with van der Waals surface area (Å²) >= 11 is 0. The van der Waals surface area contributed by atoms with Crippen LogP contribution in [0.4, 0.5) is 0 Å². The van der Waals surface area contributed by atoms with Crippen molar-refractivity contribution in [3.63, 3.8) is 0 Å². The Bertz CT molecular complexity index is 643. The molecule has 1 N–H and O–H groups in total. The number of carbonyl (C=O) groups excluding carboxylic acids is 1. The lowest BCUT2D eigenvalue weighted by Crippen LogP contribution is -2.26. The molecular weight excluding hydrogens is 320 g/mol. The third-order valence-electron chi connectivity index (χ3n) is 5.16. The fourth-order valence-electron chi connectivity index (χ4n) is 3.64. The van der Waals surface area contributed by atoms with Crippen LogP contribution < -0.4 is 5.32 Å². The van der Waals surface area contributed by atoms with Gasteiger partial charge in [-0.15, -0.1) is 0 Å². The van der Waals surface area contributed by atoms with Crippen LogP contribution in [0, 0.1) is 11.3 Å². The highest BCUT2D eigenvalue weighted by atomic mass is 16.1. The first-order valence-corrected chi connectivity index (χ1v) is 9.81. The number of nitrogens with zero attached hydrogens (tertiary/aromatic N) is 1. The average molecular weight is 359 g/mol. The standard InChI is InChI=1S/C18H26O.C5H12N2/c1-11(2)13(4)17(14-7-8-14)16-12(3)9-18(5,6)10-15(16)19;1-4-7-5(2)6-3/h14H,1,7-10H2,2-6H3;4H2,1-3H3,(H,6,7)/b17-13-;. The van der Waals surface area contributed by atoms with Crippen molar-refractivity contribution >= 4 is 11.6 Å². The minimum Gasteiger partial charge on any atom is -0.374 e. The van der Waals surface area contributed by atoms with Gasteiger partial charge in [0.25, 0.3) is 0 Å². The molecule has 0 unspecified atom stereocenters. The third kappa shape index (κ3) is 6.26. The number of rotatable bonds is 4.